The summed E-state index contributed by atoms with van der Waals surface area (Å²) in [5.74, 6) is -0.288. The van der Waals surface area contributed by atoms with Crippen molar-refractivity contribution in [3.63, 3.8) is 0 Å². The third-order valence-electron chi connectivity index (χ3n) is 5.06. The zero-order chi connectivity index (χ0) is 22.2. The monoisotopic (exact) mass is 445 g/mol. The molecule has 0 radical (unpaired) electrons. The molecule has 3 amide bonds. The van der Waals surface area contributed by atoms with Crippen LogP contribution in [-0.2, 0) is 4.79 Å². The third kappa shape index (κ3) is 6.00. The van der Waals surface area contributed by atoms with Gasteiger partial charge < -0.3 is 20.3 Å². The van der Waals surface area contributed by atoms with Gasteiger partial charge in [0.1, 0.15) is 5.75 Å². The maximum Gasteiger partial charge on any atom is 0.286 e. The van der Waals surface area contributed by atoms with Crippen molar-refractivity contribution in [2.24, 2.45) is 5.92 Å². The van der Waals surface area contributed by atoms with E-state index in [0.717, 1.165) is 37.0 Å². The minimum atomic E-state index is -0.437. The number of anilines is 1. The summed E-state index contributed by atoms with van der Waals surface area (Å²) in [5.41, 5.74) is 0.585. The number of methoxy groups -OCH3 is 1. The Balaban J connectivity index is 1.58. The number of aromatic nitrogens is 2. The molecule has 1 aromatic heterocycles. The Morgan fingerprint density at radius 2 is 1.94 bits per heavy atom. The fourth-order valence-electron chi connectivity index (χ4n) is 3.30. The van der Waals surface area contributed by atoms with E-state index in [1.165, 1.54) is 0 Å². The predicted octanol–water partition coefficient (Wildman–Crippen LogP) is 2.57. The van der Waals surface area contributed by atoms with Crippen LogP contribution in [0.25, 0.3) is 0 Å². The summed E-state index contributed by atoms with van der Waals surface area (Å²) in [7, 11) is 1.57. The van der Waals surface area contributed by atoms with E-state index in [9.17, 15) is 14.4 Å². The van der Waals surface area contributed by atoms with Gasteiger partial charge in [-0.1, -0.05) is 24.7 Å². The number of piperidine rings is 1. The molecule has 1 saturated heterocycles. The van der Waals surface area contributed by atoms with E-state index in [1.807, 2.05) is 0 Å². The lowest BCUT2D eigenvalue weighted by molar-refractivity contribution is -0.126. The van der Waals surface area contributed by atoms with E-state index < -0.39 is 5.91 Å². The van der Waals surface area contributed by atoms with Crippen molar-refractivity contribution in [2.75, 3.05) is 32.1 Å². The Morgan fingerprint density at radius 1 is 1.19 bits per heavy atom. The molecule has 0 unspecified atom stereocenters. The van der Waals surface area contributed by atoms with Crippen LogP contribution < -0.4 is 15.4 Å². The van der Waals surface area contributed by atoms with E-state index in [2.05, 4.69) is 27.8 Å². The molecule has 0 spiro atoms. The Labute approximate surface area is 185 Å². The molecule has 2 N–H and O–H groups in total. The van der Waals surface area contributed by atoms with Crippen molar-refractivity contribution >= 4 is 34.7 Å². The SMILES string of the molecule is CCCCNC(=O)[C@@H]1CCCN(C(=O)c2nnc(C(=O)Nc3ccc(OC)cc3)s2)C1. The normalized spacial score (nSPS) is 15.9. The third-order valence-corrected chi connectivity index (χ3v) is 5.97. The number of carbonyl (C=O) groups is 3. The zero-order valence-corrected chi connectivity index (χ0v) is 18.5. The first-order chi connectivity index (χ1) is 15.0. The fourth-order valence-corrected chi connectivity index (χ4v) is 4.01. The molecule has 2 aromatic rings. The molecule has 166 valence electrons. The van der Waals surface area contributed by atoms with Crippen LogP contribution >= 0.6 is 11.3 Å². The summed E-state index contributed by atoms with van der Waals surface area (Å²) >= 11 is 0.945. The van der Waals surface area contributed by atoms with Crippen LogP contribution in [0.15, 0.2) is 24.3 Å². The van der Waals surface area contributed by atoms with Crippen molar-refractivity contribution in [3.05, 3.63) is 34.3 Å². The molecule has 1 aromatic carbocycles. The molecule has 0 bridgehead atoms. The van der Waals surface area contributed by atoms with Crippen LogP contribution in [-0.4, -0.2) is 59.6 Å². The van der Waals surface area contributed by atoms with E-state index >= 15 is 0 Å². The van der Waals surface area contributed by atoms with Crippen LogP contribution in [0.1, 0.15) is 52.2 Å². The number of carbonyl (C=O) groups excluding carboxylic acids is 3. The van der Waals surface area contributed by atoms with E-state index in [-0.39, 0.29) is 27.7 Å². The Hall–Kier alpha value is -3.01. The minimum absolute atomic E-state index is 0.0113. The minimum Gasteiger partial charge on any atom is -0.497 e. The van der Waals surface area contributed by atoms with Gasteiger partial charge >= 0.3 is 0 Å². The average molecular weight is 446 g/mol. The van der Waals surface area contributed by atoms with Gasteiger partial charge in [-0.15, -0.1) is 10.2 Å². The number of nitrogens with zero attached hydrogens (tertiary/aromatic N) is 3. The summed E-state index contributed by atoms with van der Waals surface area (Å²) in [4.78, 5) is 39.3. The van der Waals surface area contributed by atoms with Crippen molar-refractivity contribution in [1.82, 2.24) is 20.4 Å². The van der Waals surface area contributed by atoms with Crippen molar-refractivity contribution in [2.45, 2.75) is 32.6 Å². The van der Waals surface area contributed by atoms with Crippen molar-refractivity contribution < 1.29 is 19.1 Å². The van der Waals surface area contributed by atoms with Gasteiger partial charge in [0, 0.05) is 25.3 Å². The highest BCUT2D eigenvalue weighted by molar-refractivity contribution is 7.15. The molecule has 0 aliphatic carbocycles. The second-order valence-electron chi connectivity index (χ2n) is 7.33. The Bertz CT molecular complexity index is 915. The molecule has 1 atom stereocenters. The number of unbranched alkanes of at least 4 members (excludes halogenated alkanes) is 1. The average Bonchev–Trinajstić information content (AvgIpc) is 3.30. The van der Waals surface area contributed by atoms with Crippen LogP contribution in [0.3, 0.4) is 0 Å². The topological polar surface area (TPSA) is 114 Å². The number of hydrogen-bond donors (Lipinski definition) is 2. The predicted molar refractivity (Wildman–Crippen MR) is 117 cm³/mol. The highest BCUT2D eigenvalue weighted by atomic mass is 32.1. The smallest absolute Gasteiger partial charge is 0.286 e. The number of ether oxygens (including phenoxy) is 1. The summed E-state index contributed by atoms with van der Waals surface area (Å²) in [6.45, 7) is 3.64. The van der Waals surface area contributed by atoms with Gasteiger partial charge in [0.05, 0.1) is 13.0 Å². The second kappa shape index (κ2) is 10.9. The van der Waals surface area contributed by atoms with Crippen LogP contribution in [0.4, 0.5) is 5.69 Å². The molecule has 2 heterocycles. The number of rotatable bonds is 8. The maximum atomic E-state index is 12.8. The number of likely N-dealkylation sites (tertiary alicyclic amines) is 1. The van der Waals surface area contributed by atoms with Crippen molar-refractivity contribution in [1.29, 1.82) is 0 Å². The zero-order valence-electron chi connectivity index (χ0n) is 17.7. The summed E-state index contributed by atoms with van der Waals surface area (Å²) in [6.07, 6.45) is 3.46. The van der Waals surface area contributed by atoms with Gasteiger partial charge in [0.25, 0.3) is 11.8 Å². The highest BCUT2D eigenvalue weighted by Gasteiger charge is 2.30. The first-order valence-electron chi connectivity index (χ1n) is 10.4. The molecule has 10 heteroatoms. The van der Waals surface area contributed by atoms with Gasteiger partial charge in [-0.3, -0.25) is 14.4 Å². The molecular weight excluding hydrogens is 418 g/mol. The van der Waals surface area contributed by atoms with Crippen LogP contribution in [0.5, 0.6) is 5.75 Å². The Kier molecular flexibility index (Phi) is 7.94. The second-order valence-corrected chi connectivity index (χ2v) is 8.31. The van der Waals surface area contributed by atoms with Crippen LogP contribution in [0, 0.1) is 5.92 Å². The molecule has 1 aliphatic heterocycles. The molecule has 1 aliphatic rings. The number of amides is 3. The molecule has 31 heavy (non-hydrogen) atoms. The summed E-state index contributed by atoms with van der Waals surface area (Å²) in [5, 5.41) is 13.7. The molecule has 0 saturated carbocycles. The largest absolute Gasteiger partial charge is 0.497 e. The van der Waals surface area contributed by atoms with E-state index in [4.69, 9.17) is 4.74 Å². The fraction of sp³-hybridized carbons (Fsp3) is 0.476. The van der Waals surface area contributed by atoms with E-state index in [1.54, 1.807) is 36.3 Å². The van der Waals surface area contributed by atoms with Gasteiger partial charge in [-0.2, -0.15) is 0 Å². The number of nitrogens with one attached hydrogen (secondary N) is 2. The first kappa shape index (κ1) is 22.7. The maximum absolute atomic E-state index is 12.8. The summed E-state index contributed by atoms with van der Waals surface area (Å²) < 4.78 is 5.09. The van der Waals surface area contributed by atoms with Gasteiger partial charge in [-0.25, -0.2) is 0 Å². The number of benzene rings is 1. The lowest BCUT2D eigenvalue weighted by Gasteiger charge is -2.31. The van der Waals surface area contributed by atoms with E-state index in [0.29, 0.717) is 31.1 Å². The molecule has 9 nitrogen and oxygen atoms in total. The Morgan fingerprint density at radius 3 is 2.65 bits per heavy atom. The molecule has 1 fully saturated rings. The van der Waals surface area contributed by atoms with Crippen LogP contribution in [0.2, 0.25) is 0 Å². The first-order valence-corrected chi connectivity index (χ1v) is 11.2. The van der Waals surface area contributed by atoms with Crippen molar-refractivity contribution in [3.8, 4) is 5.75 Å². The number of hydrogen-bond acceptors (Lipinski definition) is 7. The lowest BCUT2D eigenvalue weighted by Crippen LogP contribution is -2.45. The lowest BCUT2D eigenvalue weighted by atomic mass is 9.97. The quantitative estimate of drug-likeness (QED) is 0.604. The molecule has 3 rings (SSSR count). The van der Waals surface area contributed by atoms with Gasteiger partial charge in [-0.05, 0) is 43.5 Å². The molecular formula is C21H27N5O4S. The van der Waals surface area contributed by atoms with Gasteiger partial charge in [0.2, 0.25) is 15.9 Å². The highest BCUT2D eigenvalue weighted by Crippen LogP contribution is 2.21. The summed E-state index contributed by atoms with van der Waals surface area (Å²) in [6, 6.07) is 6.89. The standard InChI is InChI=1S/C21H27N5O4S/c1-3-4-11-22-17(27)14-6-5-12-26(13-14)21(29)20-25-24-19(31-20)18(28)23-15-7-9-16(30-2)10-8-15/h7-10,14H,3-6,11-13H2,1-2H3,(H,22,27)(H,23,28)/t14-/m1/s1. The van der Waals surface area contributed by atoms with Gasteiger partial charge in [0.15, 0.2) is 0 Å².